The highest BCUT2D eigenvalue weighted by Gasteiger charge is 2.26. The lowest BCUT2D eigenvalue weighted by atomic mass is 10.1. The summed E-state index contributed by atoms with van der Waals surface area (Å²) in [6, 6.07) is 7.88. The maximum Gasteiger partial charge on any atom is 0.349 e. The number of hydrogen-bond acceptors (Lipinski definition) is 9. The Morgan fingerprint density at radius 2 is 1.75 bits per heavy atom. The first kappa shape index (κ1) is 21.8. The van der Waals surface area contributed by atoms with Gasteiger partial charge in [-0.15, -0.1) is 24.5 Å². The number of piperidine rings is 1. The van der Waals surface area contributed by atoms with Gasteiger partial charge in [-0.2, -0.15) is 15.0 Å². The molecule has 9 heteroatoms. The minimum atomic E-state index is -0.248. The molecule has 2 N–H and O–H groups in total. The number of carbonyl (C=O) groups is 1. The number of anilines is 3. The van der Waals surface area contributed by atoms with Gasteiger partial charge in [-0.1, -0.05) is 36.4 Å². The number of nitrogens with one attached hydrogen (secondary N) is 2. The van der Waals surface area contributed by atoms with Crippen molar-refractivity contribution in [2.45, 2.75) is 18.9 Å². The van der Waals surface area contributed by atoms with Crippen LogP contribution in [0.2, 0.25) is 0 Å². The van der Waals surface area contributed by atoms with Crippen LogP contribution in [-0.4, -0.2) is 53.2 Å². The second kappa shape index (κ2) is 10.2. The lowest BCUT2D eigenvalue weighted by molar-refractivity contribution is 0.0252. The highest BCUT2D eigenvalue weighted by atomic mass is 32.1. The zero-order valence-electron chi connectivity index (χ0n) is 17.8. The van der Waals surface area contributed by atoms with Crippen molar-refractivity contribution in [3.05, 3.63) is 59.8 Å². The highest BCUT2D eigenvalue weighted by molar-refractivity contribution is 7.13. The van der Waals surface area contributed by atoms with E-state index in [9.17, 15) is 4.79 Å². The predicted molar refractivity (Wildman–Crippen MR) is 130 cm³/mol. The third-order valence-corrected chi connectivity index (χ3v) is 6.12. The summed E-state index contributed by atoms with van der Waals surface area (Å²) in [6.07, 6.45) is 4.79. The van der Waals surface area contributed by atoms with Crippen molar-refractivity contribution in [3.63, 3.8) is 0 Å². The maximum atomic E-state index is 12.7. The molecule has 8 nitrogen and oxygen atoms in total. The summed E-state index contributed by atoms with van der Waals surface area (Å²) in [5, 5.41) is 10.2. The minimum absolute atomic E-state index is 0.127. The van der Waals surface area contributed by atoms with Gasteiger partial charge in [-0.25, -0.2) is 4.79 Å². The first-order chi connectivity index (χ1) is 15.7. The molecule has 0 atom stereocenters. The van der Waals surface area contributed by atoms with Crippen LogP contribution >= 0.6 is 11.3 Å². The topological polar surface area (TPSA) is 92.3 Å². The van der Waals surface area contributed by atoms with Gasteiger partial charge in [-0.05, 0) is 10.8 Å². The van der Waals surface area contributed by atoms with E-state index in [0.29, 0.717) is 61.7 Å². The molecule has 3 heterocycles. The number of benzene rings is 1. The molecule has 1 aromatic carbocycles. The molecule has 0 bridgehead atoms. The number of thiophene rings is 1. The Morgan fingerprint density at radius 1 is 1.09 bits per heavy atom. The van der Waals surface area contributed by atoms with Gasteiger partial charge in [0.05, 0.1) is 0 Å². The summed E-state index contributed by atoms with van der Waals surface area (Å²) in [4.78, 5) is 28.9. The molecule has 1 fully saturated rings. The van der Waals surface area contributed by atoms with Gasteiger partial charge in [0.15, 0.2) is 0 Å². The Kier molecular flexibility index (Phi) is 6.96. The number of fused-ring (bicyclic) bond motifs is 1. The second-order valence-corrected chi connectivity index (χ2v) is 8.25. The number of hydrogen-bond donors (Lipinski definition) is 2. The van der Waals surface area contributed by atoms with E-state index in [0.717, 1.165) is 10.8 Å². The van der Waals surface area contributed by atoms with E-state index in [4.69, 9.17) is 4.74 Å². The number of ether oxygens (including phenoxy) is 1. The van der Waals surface area contributed by atoms with Crippen molar-refractivity contribution in [3.8, 4) is 0 Å². The number of aromatic nitrogens is 3. The second-order valence-electron chi connectivity index (χ2n) is 7.37. The lowest BCUT2D eigenvalue weighted by Gasteiger charge is -2.31. The molecule has 1 saturated heterocycles. The molecular formula is C23H26N6O2S. The molecule has 0 radical (unpaired) electrons. The minimum Gasteiger partial charge on any atom is -0.458 e. The highest BCUT2D eigenvalue weighted by Crippen LogP contribution is 2.28. The van der Waals surface area contributed by atoms with Gasteiger partial charge >= 0.3 is 5.97 Å². The fraction of sp³-hybridized carbons (Fsp3) is 0.304. The summed E-state index contributed by atoms with van der Waals surface area (Å²) >= 11 is 1.43. The zero-order chi connectivity index (χ0) is 22.3. The molecule has 1 aliphatic rings. The van der Waals surface area contributed by atoms with E-state index >= 15 is 0 Å². The van der Waals surface area contributed by atoms with E-state index in [1.54, 1.807) is 12.2 Å². The van der Waals surface area contributed by atoms with Gasteiger partial charge in [0.25, 0.3) is 0 Å². The Labute approximate surface area is 191 Å². The Balaban J connectivity index is 1.40. The van der Waals surface area contributed by atoms with Crippen LogP contribution in [-0.2, 0) is 4.74 Å². The smallest absolute Gasteiger partial charge is 0.349 e. The fourth-order valence-electron chi connectivity index (χ4n) is 3.52. The van der Waals surface area contributed by atoms with Crippen LogP contribution in [0.3, 0.4) is 0 Å². The first-order valence-electron chi connectivity index (χ1n) is 10.6. The van der Waals surface area contributed by atoms with Crippen molar-refractivity contribution in [2.75, 3.05) is 41.7 Å². The molecule has 0 spiro atoms. The molecule has 1 aliphatic heterocycles. The molecule has 0 aliphatic carbocycles. The molecule has 166 valence electrons. The molecule has 0 amide bonds. The molecule has 0 unspecified atom stereocenters. The summed E-state index contributed by atoms with van der Waals surface area (Å²) in [5.74, 6) is 1.31. The van der Waals surface area contributed by atoms with Crippen molar-refractivity contribution in [1.82, 2.24) is 15.0 Å². The maximum absolute atomic E-state index is 12.7. The van der Waals surface area contributed by atoms with Gasteiger partial charge in [0.2, 0.25) is 17.8 Å². The average molecular weight is 451 g/mol. The monoisotopic (exact) mass is 450 g/mol. The van der Waals surface area contributed by atoms with Crippen molar-refractivity contribution < 1.29 is 9.53 Å². The van der Waals surface area contributed by atoms with Gasteiger partial charge in [-0.3, -0.25) is 0 Å². The lowest BCUT2D eigenvalue weighted by Crippen LogP contribution is -2.39. The molecule has 3 aromatic rings. The average Bonchev–Trinajstić information content (AvgIpc) is 3.26. The van der Waals surface area contributed by atoms with E-state index in [1.165, 1.54) is 11.3 Å². The third-order valence-electron chi connectivity index (χ3n) is 5.13. The number of rotatable bonds is 9. The summed E-state index contributed by atoms with van der Waals surface area (Å²) < 4.78 is 5.83. The van der Waals surface area contributed by atoms with Gasteiger partial charge < -0.3 is 20.3 Å². The molecular weight excluding hydrogens is 424 g/mol. The Bertz CT molecular complexity index is 1080. The van der Waals surface area contributed by atoms with E-state index in [2.05, 4.69) is 43.6 Å². The molecule has 2 aromatic heterocycles. The standard InChI is InChI=1S/C23H26N6O2S/c1-3-11-24-21-26-22(25-12-4-2)28-23(27-21)29-13-9-17(10-14-29)31-20(30)19-18-8-6-5-7-16(18)15-32-19/h3-8,15,17H,1-2,9-14H2,(H2,24,25,26,27,28). The molecule has 0 saturated carbocycles. The number of carbonyl (C=O) groups excluding carboxylic acids is 1. The zero-order valence-corrected chi connectivity index (χ0v) is 18.6. The van der Waals surface area contributed by atoms with Crippen LogP contribution in [0, 0.1) is 0 Å². The van der Waals surface area contributed by atoms with E-state index < -0.39 is 0 Å². The molecule has 32 heavy (non-hydrogen) atoms. The number of esters is 1. The molecule has 4 rings (SSSR count). The predicted octanol–water partition coefficient (Wildman–Crippen LogP) is 4.11. The summed E-state index contributed by atoms with van der Waals surface area (Å²) in [6.45, 7) is 9.92. The Hall–Kier alpha value is -3.46. The quantitative estimate of drug-likeness (QED) is 0.372. The van der Waals surface area contributed by atoms with Crippen molar-refractivity contribution in [2.24, 2.45) is 0 Å². The van der Waals surface area contributed by atoms with E-state index in [-0.39, 0.29) is 12.1 Å². The van der Waals surface area contributed by atoms with Gasteiger partial charge in [0, 0.05) is 44.4 Å². The Morgan fingerprint density at radius 3 is 2.41 bits per heavy atom. The van der Waals surface area contributed by atoms with E-state index in [1.807, 2.05) is 29.6 Å². The fourth-order valence-corrected chi connectivity index (χ4v) is 4.43. The van der Waals surface area contributed by atoms with Crippen LogP contribution in [0.4, 0.5) is 17.8 Å². The normalized spacial score (nSPS) is 14.2. The van der Waals surface area contributed by atoms with Crippen LogP contribution < -0.4 is 15.5 Å². The largest absolute Gasteiger partial charge is 0.458 e. The third kappa shape index (κ3) is 5.05. The van der Waals surface area contributed by atoms with Crippen molar-refractivity contribution >= 4 is 45.9 Å². The summed E-state index contributed by atoms with van der Waals surface area (Å²) in [5.41, 5.74) is 0. The first-order valence-corrected chi connectivity index (χ1v) is 11.4. The summed E-state index contributed by atoms with van der Waals surface area (Å²) in [7, 11) is 0. The number of nitrogens with zero attached hydrogens (tertiary/aromatic N) is 4. The van der Waals surface area contributed by atoms with Crippen LogP contribution in [0.15, 0.2) is 55.0 Å². The SMILES string of the molecule is C=CCNc1nc(NCC=C)nc(N2CCC(OC(=O)c3scc4ccccc34)CC2)n1. The van der Waals surface area contributed by atoms with Crippen molar-refractivity contribution in [1.29, 1.82) is 0 Å². The van der Waals surface area contributed by atoms with Crippen LogP contribution in [0.25, 0.3) is 10.8 Å². The van der Waals surface area contributed by atoms with Crippen LogP contribution in [0.1, 0.15) is 22.5 Å². The van der Waals surface area contributed by atoms with Gasteiger partial charge in [0.1, 0.15) is 11.0 Å². The van der Waals surface area contributed by atoms with Crippen LogP contribution in [0.5, 0.6) is 0 Å².